The average Bonchev–Trinajstić information content (AvgIpc) is 2.74. The number of rotatable bonds is 10. The van der Waals surface area contributed by atoms with E-state index in [-0.39, 0.29) is 0 Å². The molecule has 0 aliphatic carbocycles. The number of nitrogens with one attached hydrogen (secondary N) is 1. The number of nitrogens with zero attached hydrogens (tertiary/aromatic N) is 4. The van der Waals surface area contributed by atoms with Gasteiger partial charge in [-0.2, -0.15) is 10.1 Å². The van der Waals surface area contributed by atoms with Gasteiger partial charge in [-0.1, -0.05) is 44.2 Å². The van der Waals surface area contributed by atoms with Crippen molar-refractivity contribution in [2.24, 2.45) is 0 Å². The van der Waals surface area contributed by atoms with Gasteiger partial charge in [0.2, 0.25) is 5.95 Å². The molecule has 28 heavy (non-hydrogen) atoms. The van der Waals surface area contributed by atoms with Crippen LogP contribution in [0.25, 0.3) is 0 Å². The fourth-order valence-corrected chi connectivity index (χ4v) is 2.89. The molecule has 1 heterocycles. The van der Waals surface area contributed by atoms with Gasteiger partial charge in [-0.05, 0) is 42.7 Å². The Morgan fingerprint density at radius 2 is 1.64 bits per heavy atom. The highest BCUT2D eigenvalue weighted by atomic mass is 16.5. The van der Waals surface area contributed by atoms with Crippen molar-refractivity contribution >= 4 is 17.5 Å². The molecule has 3 rings (SSSR count). The van der Waals surface area contributed by atoms with E-state index in [1.807, 2.05) is 54.6 Å². The maximum absolute atomic E-state index is 5.82. The Morgan fingerprint density at radius 3 is 2.32 bits per heavy atom. The summed E-state index contributed by atoms with van der Waals surface area (Å²) in [6.45, 7) is 6.79. The third kappa shape index (κ3) is 5.67. The van der Waals surface area contributed by atoms with Crippen molar-refractivity contribution in [3.63, 3.8) is 0 Å². The minimum Gasteiger partial charge on any atom is -0.489 e. The molecule has 0 saturated carbocycles. The summed E-state index contributed by atoms with van der Waals surface area (Å²) in [6.07, 6.45) is 3.85. The molecule has 0 fully saturated rings. The van der Waals surface area contributed by atoms with Crippen LogP contribution in [0.1, 0.15) is 32.3 Å². The number of hydrogen-bond acceptors (Lipinski definition) is 6. The van der Waals surface area contributed by atoms with Crippen molar-refractivity contribution in [2.45, 2.75) is 33.3 Å². The first kappa shape index (κ1) is 19.6. The Hall–Kier alpha value is -3.15. The van der Waals surface area contributed by atoms with Gasteiger partial charge in [0.1, 0.15) is 12.4 Å². The molecule has 0 atom stereocenters. The molecule has 0 aliphatic heterocycles. The number of aromatic nitrogens is 3. The number of ether oxygens (including phenoxy) is 1. The highest BCUT2D eigenvalue weighted by Gasteiger charge is 2.09. The van der Waals surface area contributed by atoms with Crippen molar-refractivity contribution < 1.29 is 4.74 Å². The zero-order valence-corrected chi connectivity index (χ0v) is 16.5. The molecule has 0 spiro atoms. The third-order valence-corrected chi connectivity index (χ3v) is 4.22. The average molecular weight is 377 g/mol. The lowest BCUT2D eigenvalue weighted by atomic mass is 10.2. The van der Waals surface area contributed by atoms with Crippen LogP contribution in [0.15, 0.2) is 60.8 Å². The van der Waals surface area contributed by atoms with Gasteiger partial charge < -0.3 is 15.0 Å². The standard InChI is InChI=1S/C22H27N5O/c1-3-14-27(15-4-2)21-16-23-26-22(25-21)24-19-10-12-20(13-11-19)28-17-18-8-6-5-7-9-18/h5-13,16H,3-4,14-15,17H2,1-2H3,(H,24,25,26). The summed E-state index contributed by atoms with van der Waals surface area (Å²) < 4.78 is 5.82. The second kappa shape index (κ2) is 10.3. The Labute approximate surface area is 166 Å². The maximum Gasteiger partial charge on any atom is 0.249 e. The largest absolute Gasteiger partial charge is 0.489 e. The lowest BCUT2D eigenvalue weighted by Crippen LogP contribution is -2.26. The first-order valence-electron chi connectivity index (χ1n) is 9.77. The highest BCUT2D eigenvalue weighted by molar-refractivity contribution is 5.55. The monoisotopic (exact) mass is 377 g/mol. The molecule has 146 valence electrons. The molecular weight excluding hydrogens is 350 g/mol. The van der Waals surface area contributed by atoms with Gasteiger partial charge in [-0.3, -0.25) is 0 Å². The summed E-state index contributed by atoms with van der Waals surface area (Å²) in [4.78, 5) is 6.85. The van der Waals surface area contributed by atoms with E-state index in [2.05, 4.69) is 39.2 Å². The molecule has 2 aromatic carbocycles. The predicted octanol–water partition coefficient (Wildman–Crippen LogP) is 4.82. The minimum absolute atomic E-state index is 0.493. The molecule has 0 aliphatic rings. The quantitative estimate of drug-likeness (QED) is 0.546. The summed E-state index contributed by atoms with van der Waals surface area (Å²) in [6, 6.07) is 17.9. The zero-order chi connectivity index (χ0) is 19.6. The van der Waals surface area contributed by atoms with Crippen LogP contribution in [0.2, 0.25) is 0 Å². The van der Waals surface area contributed by atoms with Crippen LogP contribution >= 0.6 is 0 Å². The van der Waals surface area contributed by atoms with Crippen LogP contribution < -0.4 is 15.0 Å². The Balaban J connectivity index is 1.61. The minimum atomic E-state index is 0.493. The second-order valence-corrected chi connectivity index (χ2v) is 6.55. The van der Waals surface area contributed by atoms with Crippen LogP contribution in [-0.2, 0) is 6.61 Å². The third-order valence-electron chi connectivity index (χ3n) is 4.22. The highest BCUT2D eigenvalue weighted by Crippen LogP contribution is 2.20. The molecule has 0 unspecified atom stereocenters. The van der Waals surface area contributed by atoms with Gasteiger partial charge in [0.15, 0.2) is 5.82 Å². The Bertz CT molecular complexity index is 833. The van der Waals surface area contributed by atoms with Crippen molar-refractivity contribution in [1.82, 2.24) is 15.2 Å². The van der Waals surface area contributed by atoms with Crippen LogP contribution in [-0.4, -0.2) is 28.3 Å². The fourth-order valence-electron chi connectivity index (χ4n) is 2.89. The molecule has 0 saturated heterocycles. The van der Waals surface area contributed by atoms with Gasteiger partial charge in [0, 0.05) is 18.8 Å². The molecule has 6 heteroatoms. The van der Waals surface area contributed by atoms with Crippen LogP contribution in [0.5, 0.6) is 5.75 Å². The van der Waals surface area contributed by atoms with E-state index in [1.54, 1.807) is 6.20 Å². The van der Waals surface area contributed by atoms with E-state index >= 15 is 0 Å². The first-order valence-corrected chi connectivity index (χ1v) is 9.77. The molecule has 0 bridgehead atoms. The molecule has 1 aromatic heterocycles. The number of anilines is 3. The van der Waals surface area contributed by atoms with Crippen LogP contribution in [0, 0.1) is 0 Å². The van der Waals surface area contributed by atoms with Gasteiger partial charge in [-0.25, -0.2) is 0 Å². The molecule has 0 amide bonds. The molecular formula is C22H27N5O. The normalized spacial score (nSPS) is 10.5. The Morgan fingerprint density at radius 1 is 0.929 bits per heavy atom. The van der Waals surface area contributed by atoms with E-state index in [0.717, 1.165) is 48.7 Å². The SMILES string of the molecule is CCCN(CCC)c1cnnc(Nc2ccc(OCc3ccccc3)cc2)n1. The maximum atomic E-state index is 5.82. The first-order chi connectivity index (χ1) is 13.8. The smallest absolute Gasteiger partial charge is 0.249 e. The molecule has 6 nitrogen and oxygen atoms in total. The Kier molecular flexibility index (Phi) is 7.18. The van der Waals surface area contributed by atoms with Gasteiger partial charge in [0.25, 0.3) is 0 Å². The predicted molar refractivity (Wildman–Crippen MR) is 113 cm³/mol. The molecule has 0 radical (unpaired) electrons. The fraction of sp³-hybridized carbons (Fsp3) is 0.318. The van der Waals surface area contributed by atoms with Crippen molar-refractivity contribution in [2.75, 3.05) is 23.3 Å². The number of benzene rings is 2. The topological polar surface area (TPSA) is 63.2 Å². The van der Waals surface area contributed by atoms with E-state index in [1.165, 1.54) is 0 Å². The molecule has 1 N–H and O–H groups in total. The summed E-state index contributed by atoms with van der Waals surface area (Å²) in [5.74, 6) is 2.16. The summed E-state index contributed by atoms with van der Waals surface area (Å²) in [5.41, 5.74) is 2.04. The summed E-state index contributed by atoms with van der Waals surface area (Å²) >= 11 is 0. The van der Waals surface area contributed by atoms with E-state index in [9.17, 15) is 0 Å². The van der Waals surface area contributed by atoms with Crippen molar-refractivity contribution in [3.8, 4) is 5.75 Å². The summed E-state index contributed by atoms with van der Waals surface area (Å²) in [5, 5.41) is 11.4. The lowest BCUT2D eigenvalue weighted by molar-refractivity contribution is 0.306. The van der Waals surface area contributed by atoms with Crippen LogP contribution in [0.4, 0.5) is 17.5 Å². The lowest BCUT2D eigenvalue weighted by Gasteiger charge is -2.22. The van der Waals surface area contributed by atoms with Gasteiger partial charge >= 0.3 is 0 Å². The van der Waals surface area contributed by atoms with Crippen LogP contribution in [0.3, 0.4) is 0 Å². The van der Waals surface area contributed by atoms with E-state index < -0.39 is 0 Å². The second-order valence-electron chi connectivity index (χ2n) is 6.55. The summed E-state index contributed by atoms with van der Waals surface area (Å²) in [7, 11) is 0. The molecule has 3 aromatic rings. The van der Waals surface area contributed by atoms with E-state index in [4.69, 9.17) is 4.74 Å². The zero-order valence-electron chi connectivity index (χ0n) is 16.5. The van der Waals surface area contributed by atoms with Crippen molar-refractivity contribution in [1.29, 1.82) is 0 Å². The van der Waals surface area contributed by atoms with Gasteiger partial charge in [0.05, 0.1) is 6.20 Å². The number of hydrogen-bond donors (Lipinski definition) is 1. The van der Waals surface area contributed by atoms with Gasteiger partial charge in [-0.15, -0.1) is 5.10 Å². The van der Waals surface area contributed by atoms with E-state index in [0.29, 0.717) is 12.6 Å². The van der Waals surface area contributed by atoms with Crippen molar-refractivity contribution in [3.05, 3.63) is 66.4 Å².